The van der Waals surface area contributed by atoms with Crippen molar-refractivity contribution in [2.24, 2.45) is 0 Å². The fourth-order valence-corrected chi connectivity index (χ4v) is 5.17. The molecule has 0 unspecified atom stereocenters. The van der Waals surface area contributed by atoms with Gasteiger partial charge < -0.3 is 10.6 Å². The number of halogens is 2. The molecule has 0 bridgehead atoms. The Morgan fingerprint density at radius 1 is 1.20 bits per heavy atom. The summed E-state index contributed by atoms with van der Waals surface area (Å²) < 4.78 is 26.0. The van der Waals surface area contributed by atoms with Gasteiger partial charge in [0.15, 0.2) is 0 Å². The predicted octanol–water partition coefficient (Wildman–Crippen LogP) is 1.23. The number of nitrogens with zero attached hydrogens (tertiary/aromatic N) is 2. The second-order valence-electron chi connectivity index (χ2n) is 4.69. The first-order valence-electron chi connectivity index (χ1n) is 6.00. The number of anilines is 1. The van der Waals surface area contributed by atoms with Crippen molar-refractivity contribution in [3.05, 3.63) is 21.1 Å². The highest BCUT2D eigenvalue weighted by Crippen LogP contribution is 2.31. The van der Waals surface area contributed by atoms with Crippen LogP contribution >= 0.6 is 31.9 Å². The van der Waals surface area contributed by atoms with Gasteiger partial charge in [-0.2, -0.15) is 0 Å². The van der Waals surface area contributed by atoms with Crippen molar-refractivity contribution in [3.63, 3.8) is 0 Å². The average molecular weight is 428 g/mol. The standard InChI is InChI=1S/C11H16Br2N4O2S/c1-16-2-4-17(5-3-16)15-20(18,19)11-9(13)6-8(12)7-10(11)14/h6-7,15H,2-5,14H2,1H3. The molecule has 0 spiro atoms. The van der Waals surface area contributed by atoms with Crippen molar-refractivity contribution in [3.8, 4) is 0 Å². The zero-order valence-electron chi connectivity index (χ0n) is 10.9. The van der Waals surface area contributed by atoms with Gasteiger partial charge in [0.1, 0.15) is 4.90 Å². The Balaban J connectivity index is 2.23. The smallest absolute Gasteiger partial charge is 0.256 e. The Hall–Kier alpha value is -0.190. The summed E-state index contributed by atoms with van der Waals surface area (Å²) in [4.78, 5) is 4.80. The number of likely N-dealkylation sites (N-methyl/N-ethyl adjacent to an activating group) is 1. The summed E-state index contributed by atoms with van der Waals surface area (Å²) in [7, 11) is -1.68. The summed E-state index contributed by atoms with van der Waals surface area (Å²) in [5.41, 5.74) is 6.03. The molecule has 1 saturated heterocycles. The molecule has 1 aromatic rings. The quantitative estimate of drug-likeness (QED) is 0.709. The van der Waals surface area contributed by atoms with Crippen LogP contribution in [0.1, 0.15) is 0 Å². The predicted molar refractivity (Wildman–Crippen MR) is 85.6 cm³/mol. The summed E-state index contributed by atoms with van der Waals surface area (Å²) in [6.45, 7) is 2.92. The largest absolute Gasteiger partial charge is 0.398 e. The Labute approximate surface area is 135 Å². The van der Waals surface area contributed by atoms with E-state index in [1.54, 1.807) is 17.1 Å². The maximum atomic E-state index is 12.4. The molecule has 1 aliphatic rings. The van der Waals surface area contributed by atoms with Gasteiger partial charge in [0.05, 0.1) is 5.69 Å². The number of hydrogen-bond acceptors (Lipinski definition) is 5. The molecular weight excluding hydrogens is 412 g/mol. The number of benzene rings is 1. The third-order valence-electron chi connectivity index (χ3n) is 3.06. The molecule has 0 saturated carbocycles. The molecule has 3 N–H and O–H groups in total. The number of nitrogens with two attached hydrogens (primary N) is 1. The number of nitrogen functional groups attached to an aromatic ring is 1. The van der Waals surface area contributed by atoms with Crippen LogP contribution in [0.3, 0.4) is 0 Å². The summed E-state index contributed by atoms with van der Waals surface area (Å²) in [5, 5.41) is 1.70. The van der Waals surface area contributed by atoms with Crippen LogP contribution in [-0.4, -0.2) is 51.6 Å². The molecular formula is C11H16Br2N4O2S. The zero-order chi connectivity index (χ0) is 14.9. The number of rotatable bonds is 3. The topological polar surface area (TPSA) is 78.7 Å². The van der Waals surface area contributed by atoms with Crippen LogP contribution in [0.2, 0.25) is 0 Å². The van der Waals surface area contributed by atoms with Crippen molar-refractivity contribution >= 4 is 47.6 Å². The van der Waals surface area contributed by atoms with E-state index in [1.807, 2.05) is 7.05 Å². The number of hydrogen-bond donors (Lipinski definition) is 2. The van der Waals surface area contributed by atoms with Crippen LogP contribution in [0.5, 0.6) is 0 Å². The van der Waals surface area contributed by atoms with E-state index in [-0.39, 0.29) is 10.6 Å². The third kappa shape index (κ3) is 3.71. The molecule has 112 valence electrons. The fourth-order valence-electron chi connectivity index (χ4n) is 1.98. The lowest BCUT2D eigenvalue weighted by Crippen LogP contribution is -2.52. The van der Waals surface area contributed by atoms with E-state index in [1.165, 1.54) is 0 Å². The van der Waals surface area contributed by atoms with Gasteiger partial charge in [0.2, 0.25) is 0 Å². The van der Waals surface area contributed by atoms with Crippen molar-refractivity contribution in [2.45, 2.75) is 4.90 Å². The minimum Gasteiger partial charge on any atom is -0.398 e. The van der Waals surface area contributed by atoms with Crippen molar-refractivity contribution < 1.29 is 8.42 Å². The maximum absolute atomic E-state index is 12.4. The molecule has 1 aliphatic heterocycles. The molecule has 0 aromatic heterocycles. The molecule has 0 amide bonds. The van der Waals surface area contributed by atoms with Gasteiger partial charge in [0, 0.05) is 35.1 Å². The van der Waals surface area contributed by atoms with Gasteiger partial charge in [-0.05, 0) is 35.1 Å². The molecule has 1 heterocycles. The van der Waals surface area contributed by atoms with E-state index in [2.05, 4.69) is 41.6 Å². The van der Waals surface area contributed by atoms with E-state index in [0.29, 0.717) is 17.6 Å². The highest BCUT2D eigenvalue weighted by molar-refractivity contribution is 9.11. The average Bonchev–Trinajstić information content (AvgIpc) is 2.30. The van der Waals surface area contributed by atoms with Gasteiger partial charge in [-0.3, -0.25) is 0 Å². The van der Waals surface area contributed by atoms with Crippen LogP contribution in [0.15, 0.2) is 26.0 Å². The molecule has 20 heavy (non-hydrogen) atoms. The Kier molecular flexibility index (Phi) is 5.09. The first-order valence-corrected chi connectivity index (χ1v) is 9.07. The molecule has 0 atom stereocenters. The van der Waals surface area contributed by atoms with E-state index in [9.17, 15) is 8.42 Å². The number of piperazine rings is 1. The molecule has 0 aliphatic carbocycles. The third-order valence-corrected chi connectivity index (χ3v) is 5.90. The van der Waals surface area contributed by atoms with Crippen molar-refractivity contribution in [2.75, 3.05) is 39.0 Å². The second kappa shape index (κ2) is 6.29. The molecule has 0 radical (unpaired) electrons. The summed E-state index contributed by atoms with van der Waals surface area (Å²) >= 11 is 6.53. The monoisotopic (exact) mass is 426 g/mol. The molecule has 1 aromatic carbocycles. The van der Waals surface area contributed by atoms with E-state index < -0.39 is 10.0 Å². The lowest BCUT2D eigenvalue weighted by Gasteiger charge is -2.32. The molecule has 2 rings (SSSR count). The fraction of sp³-hybridized carbons (Fsp3) is 0.455. The lowest BCUT2D eigenvalue weighted by atomic mass is 10.3. The maximum Gasteiger partial charge on any atom is 0.256 e. The molecule has 1 fully saturated rings. The Morgan fingerprint density at radius 2 is 1.80 bits per heavy atom. The van der Waals surface area contributed by atoms with Crippen molar-refractivity contribution in [1.82, 2.24) is 14.7 Å². The van der Waals surface area contributed by atoms with E-state index in [4.69, 9.17) is 5.73 Å². The van der Waals surface area contributed by atoms with Gasteiger partial charge in [-0.1, -0.05) is 15.9 Å². The lowest BCUT2D eigenvalue weighted by molar-refractivity contribution is 0.135. The Morgan fingerprint density at radius 3 is 2.35 bits per heavy atom. The first-order chi connectivity index (χ1) is 9.29. The minimum atomic E-state index is -3.69. The summed E-state index contributed by atoms with van der Waals surface area (Å²) in [5.74, 6) is 0. The molecule has 6 nitrogen and oxygen atoms in total. The summed E-state index contributed by atoms with van der Waals surface area (Å²) in [6, 6.07) is 3.23. The van der Waals surface area contributed by atoms with Gasteiger partial charge in [0.25, 0.3) is 10.0 Å². The number of sulfonamides is 1. The SMILES string of the molecule is CN1CCN(NS(=O)(=O)c2c(N)cc(Br)cc2Br)CC1. The first kappa shape index (κ1) is 16.2. The molecule has 9 heteroatoms. The van der Waals surface area contributed by atoms with Gasteiger partial charge in [-0.25, -0.2) is 13.4 Å². The normalized spacial score (nSPS) is 18.4. The number of nitrogens with one attached hydrogen (secondary N) is 1. The van der Waals surface area contributed by atoms with Crippen LogP contribution in [-0.2, 0) is 10.0 Å². The Bertz CT molecular complexity index is 577. The van der Waals surface area contributed by atoms with Crippen LogP contribution in [0, 0.1) is 0 Å². The number of hydrazine groups is 1. The van der Waals surface area contributed by atoms with E-state index in [0.717, 1.165) is 17.6 Å². The minimum absolute atomic E-state index is 0.0691. The highest BCUT2D eigenvalue weighted by atomic mass is 79.9. The van der Waals surface area contributed by atoms with Gasteiger partial charge in [-0.15, -0.1) is 4.83 Å². The van der Waals surface area contributed by atoms with E-state index >= 15 is 0 Å². The van der Waals surface area contributed by atoms with Crippen LogP contribution in [0.4, 0.5) is 5.69 Å². The summed E-state index contributed by atoms with van der Waals surface area (Å²) in [6.07, 6.45) is 0. The second-order valence-corrected chi connectivity index (χ2v) is 8.06. The van der Waals surface area contributed by atoms with Crippen LogP contribution in [0.25, 0.3) is 0 Å². The van der Waals surface area contributed by atoms with Gasteiger partial charge >= 0.3 is 0 Å². The van der Waals surface area contributed by atoms with Crippen molar-refractivity contribution in [1.29, 1.82) is 0 Å². The zero-order valence-corrected chi connectivity index (χ0v) is 14.9. The highest BCUT2D eigenvalue weighted by Gasteiger charge is 2.25. The van der Waals surface area contributed by atoms with Crippen LogP contribution < -0.4 is 10.6 Å².